The van der Waals surface area contributed by atoms with E-state index in [4.69, 9.17) is 32.6 Å². The molecule has 0 aliphatic heterocycles. The number of ether oxygens (including phenoxy) is 1. The van der Waals surface area contributed by atoms with Crippen LogP contribution in [0.15, 0.2) is 12.3 Å². The van der Waals surface area contributed by atoms with Crippen molar-refractivity contribution in [1.29, 1.82) is 5.41 Å². The molecular weight excluding hydrogens is 256 g/mol. The van der Waals surface area contributed by atoms with Crippen LogP contribution in [0.4, 0.5) is 5.82 Å². The van der Waals surface area contributed by atoms with E-state index in [9.17, 15) is 0 Å². The minimum absolute atomic E-state index is 0.0218. The maximum absolute atomic E-state index is 9.05. The Kier molecular flexibility index (Phi) is 5.84. The smallest absolute Gasteiger partial charge is 0.148 e. The average Bonchev–Trinajstić information content (AvgIpc) is 2.34. The van der Waals surface area contributed by atoms with E-state index in [0.717, 1.165) is 0 Å². The zero-order valence-electron chi connectivity index (χ0n) is 10.2. The Hall–Kier alpha value is -1.37. The lowest BCUT2D eigenvalue weighted by Gasteiger charge is -2.24. The summed E-state index contributed by atoms with van der Waals surface area (Å²) >= 11 is 6.17. The first kappa shape index (κ1) is 14.7. The topological polar surface area (TPSA) is 95.5 Å². The van der Waals surface area contributed by atoms with Crippen LogP contribution in [-0.2, 0) is 4.74 Å². The maximum atomic E-state index is 9.05. The maximum Gasteiger partial charge on any atom is 0.148 e. The lowest BCUT2D eigenvalue weighted by molar-refractivity contribution is 0.202. The van der Waals surface area contributed by atoms with E-state index in [1.807, 2.05) is 0 Å². The van der Waals surface area contributed by atoms with Gasteiger partial charge in [-0.3, -0.25) is 5.41 Å². The summed E-state index contributed by atoms with van der Waals surface area (Å²) in [5.41, 5.74) is 5.87. The molecule has 1 rings (SSSR count). The Labute approximate surface area is 111 Å². The summed E-state index contributed by atoms with van der Waals surface area (Å²) in [4.78, 5) is 5.96. The van der Waals surface area contributed by atoms with Crippen LogP contribution in [0.3, 0.4) is 0 Å². The predicted molar refractivity (Wildman–Crippen MR) is 71.4 cm³/mol. The molecule has 0 radical (unpaired) electrons. The Bertz CT molecular complexity index is 414. The van der Waals surface area contributed by atoms with Crippen molar-refractivity contribution in [3.63, 3.8) is 0 Å². The van der Waals surface area contributed by atoms with Gasteiger partial charge in [-0.05, 0) is 6.07 Å². The zero-order valence-corrected chi connectivity index (χ0v) is 10.9. The molecule has 0 aliphatic rings. The molecular formula is C11H17ClN4O2. The molecule has 0 aliphatic carbocycles. The highest BCUT2D eigenvalue weighted by Crippen LogP contribution is 2.26. The SMILES string of the molecule is COCCN(CCO)c1nccc(C(=N)N)c1Cl. The molecule has 7 heteroatoms. The zero-order chi connectivity index (χ0) is 13.5. The number of hydrogen-bond donors (Lipinski definition) is 3. The van der Waals surface area contributed by atoms with Gasteiger partial charge in [-0.2, -0.15) is 0 Å². The number of nitrogen functional groups attached to an aromatic ring is 1. The van der Waals surface area contributed by atoms with Gasteiger partial charge in [-0.15, -0.1) is 0 Å². The minimum Gasteiger partial charge on any atom is -0.395 e. The molecule has 0 atom stereocenters. The van der Waals surface area contributed by atoms with Crippen molar-refractivity contribution >= 4 is 23.3 Å². The minimum atomic E-state index is -0.112. The molecule has 100 valence electrons. The van der Waals surface area contributed by atoms with Crippen LogP contribution >= 0.6 is 11.6 Å². The molecule has 0 amide bonds. The number of rotatable bonds is 7. The van der Waals surface area contributed by atoms with Crippen molar-refractivity contribution in [2.75, 3.05) is 38.3 Å². The van der Waals surface area contributed by atoms with Crippen molar-refractivity contribution in [3.8, 4) is 0 Å². The van der Waals surface area contributed by atoms with Crippen molar-refractivity contribution in [2.45, 2.75) is 0 Å². The monoisotopic (exact) mass is 272 g/mol. The highest BCUT2D eigenvalue weighted by Gasteiger charge is 2.15. The standard InChI is InChI=1S/C11H17ClN4O2/c1-18-7-5-16(4-6-17)11-9(12)8(10(13)14)2-3-15-11/h2-3,17H,4-7H2,1H3,(H3,13,14). The second-order valence-corrected chi connectivity index (χ2v) is 3.99. The summed E-state index contributed by atoms with van der Waals surface area (Å²) in [6.45, 7) is 1.40. The molecule has 1 heterocycles. The Morgan fingerprint density at radius 3 is 2.89 bits per heavy atom. The molecule has 0 saturated carbocycles. The number of nitrogens with two attached hydrogens (primary N) is 1. The predicted octanol–water partition coefficient (Wildman–Crippen LogP) is 0.464. The molecule has 0 fully saturated rings. The van der Waals surface area contributed by atoms with Crippen LogP contribution in [0.2, 0.25) is 5.02 Å². The molecule has 0 unspecified atom stereocenters. The summed E-state index contributed by atoms with van der Waals surface area (Å²) < 4.78 is 5.00. The second kappa shape index (κ2) is 7.15. The molecule has 0 aromatic carbocycles. The molecule has 18 heavy (non-hydrogen) atoms. The van der Waals surface area contributed by atoms with Crippen molar-refractivity contribution in [3.05, 3.63) is 22.8 Å². The normalized spacial score (nSPS) is 10.4. The van der Waals surface area contributed by atoms with Gasteiger partial charge in [0.05, 0.1) is 18.2 Å². The summed E-state index contributed by atoms with van der Waals surface area (Å²) in [6.07, 6.45) is 1.54. The number of hydrogen-bond acceptors (Lipinski definition) is 5. The van der Waals surface area contributed by atoms with Gasteiger partial charge in [0.25, 0.3) is 0 Å². The third kappa shape index (κ3) is 3.56. The van der Waals surface area contributed by atoms with Gasteiger partial charge in [0.1, 0.15) is 11.7 Å². The van der Waals surface area contributed by atoms with Crippen molar-refractivity contribution < 1.29 is 9.84 Å². The van der Waals surface area contributed by atoms with E-state index in [2.05, 4.69) is 4.98 Å². The third-order valence-corrected chi connectivity index (χ3v) is 2.77. The number of aliphatic hydroxyl groups excluding tert-OH is 1. The first-order chi connectivity index (χ1) is 8.61. The largest absolute Gasteiger partial charge is 0.395 e. The van der Waals surface area contributed by atoms with Gasteiger partial charge >= 0.3 is 0 Å². The lowest BCUT2D eigenvalue weighted by atomic mass is 10.2. The number of halogens is 1. The number of nitrogens with zero attached hydrogens (tertiary/aromatic N) is 2. The summed E-state index contributed by atoms with van der Waals surface area (Å²) in [7, 11) is 1.60. The Morgan fingerprint density at radius 2 is 2.33 bits per heavy atom. The number of nitrogens with one attached hydrogen (secondary N) is 1. The van der Waals surface area contributed by atoms with Crippen molar-refractivity contribution in [2.24, 2.45) is 5.73 Å². The molecule has 6 nitrogen and oxygen atoms in total. The summed E-state index contributed by atoms with van der Waals surface area (Å²) in [6, 6.07) is 1.58. The van der Waals surface area contributed by atoms with Gasteiger partial charge in [0.15, 0.2) is 0 Å². The second-order valence-electron chi connectivity index (χ2n) is 3.61. The molecule has 1 aromatic rings. The van der Waals surface area contributed by atoms with Crippen LogP contribution < -0.4 is 10.6 Å². The van der Waals surface area contributed by atoms with Gasteiger partial charge in [-0.1, -0.05) is 11.6 Å². The van der Waals surface area contributed by atoms with E-state index in [1.54, 1.807) is 18.1 Å². The summed E-state index contributed by atoms with van der Waals surface area (Å²) in [5.74, 6) is 0.384. The third-order valence-electron chi connectivity index (χ3n) is 2.40. The van der Waals surface area contributed by atoms with Crippen molar-refractivity contribution in [1.82, 2.24) is 4.98 Å². The number of aromatic nitrogens is 1. The van der Waals surface area contributed by atoms with E-state index in [1.165, 1.54) is 6.20 Å². The first-order valence-electron chi connectivity index (χ1n) is 5.45. The van der Waals surface area contributed by atoms with Crippen LogP contribution in [0.25, 0.3) is 0 Å². The Morgan fingerprint density at radius 1 is 1.61 bits per heavy atom. The van der Waals surface area contributed by atoms with Crippen LogP contribution in [0.5, 0.6) is 0 Å². The van der Waals surface area contributed by atoms with Crippen LogP contribution in [0, 0.1) is 5.41 Å². The van der Waals surface area contributed by atoms with Gasteiger partial charge in [0.2, 0.25) is 0 Å². The van der Waals surface area contributed by atoms with Crippen LogP contribution in [-0.4, -0.2) is 49.3 Å². The molecule has 4 N–H and O–H groups in total. The summed E-state index contributed by atoms with van der Waals surface area (Å²) in [5, 5.41) is 16.8. The molecule has 0 spiro atoms. The van der Waals surface area contributed by atoms with Gasteiger partial charge < -0.3 is 20.5 Å². The van der Waals surface area contributed by atoms with E-state index in [-0.39, 0.29) is 12.4 Å². The van der Waals surface area contributed by atoms with Gasteiger partial charge in [-0.25, -0.2) is 4.98 Å². The number of anilines is 1. The first-order valence-corrected chi connectivity index (χ1v) is 5.83. The number of methoxy groups -OCH3 is 1. The van der Waals surface area contributed by atoms with Gasteiger partial charge in [0, 0.05) is 32.0 Å². The molecule has 1 aromatic heterocycles. The quantitative estimate of drug-likeness (QED) is 0.495. The van der Waals surface area contributed by atoms with E-state index < -0.39 is 0 Å². The fourth-order valence-electron chi connectivity index (χ4n) is 1.51. The fourth-order valence-corrected chi connectivity index (χ4v) is 1.84. The highest BCUT2D eigenvalue weighted by atomic mass is 35.5. The van der Waals surface area contributed by atoms with Crippen LogP contribution in [0.1, 0.15) is 5.56 Å². The number of aliphatic hydroxyl groups is 1. The number of amidine groups is 1. The highest BCUT2D eigenvalue weighted by molar-refractivity contribution is 6.36. The Balaban J connectivity index is 3.03. The molecule has 0 bridgehead atoms. The lowest BCUT2D eigenvalue weighted by Crippen LogP contribution is -2.31. The average molecular weight is 273 g/mol. The number of pyridine rings is 1. The van der Waals surface area contributed by atoms with E-state index >= 15 is 0 Å². The fraction of sp³-hybridized carbons (Fsp3) is 0.455. The molecule has 0 saturated heterocycles. The van der Waals surface area contributed by atoms with E-state index in [0.29, 0.717) is 36.1 Å².